The van der Waals surface area contributed by atoms with E-state index in [1.807, 2.05) is 18.2 Å². The molecule has 0 aromatic heterocycles. The monoisotopic (exact) mass is 430 g/mol. The predicted molar refractivity (Wildman–Crippen MR) is 131 cm³/mol. The highest BCUT2D eigenvalue weighted by Crippen LogP contribution is 2.40. The normalized spacial score (nSPS) is 13.1. The van der Waals surface area contributed by atoms with Crippen LogP contribution in [0.2, 0.25) is 0 Å². The molecule has 1 aromatic rings. The van der Waals surface area contributed by atoms with Crippen molar-refractivity contribution >= 4 is 0 Å². The highest BCUT2D eigenvalue weighted by molar-refractivity contribution is 5.47. The molecule has 0 aliphatic heterocycles. The Hall–Kier alpha value is -1.73. The second-order valence-electron chi connectivity index (χ2n) is 8.99. The van der Waals surface area contributed by atoms with Crippen molar-refractivity contribution in [1.29, 1.82) is 5.26 Å². The van der Waals surface area contributed by atoms with Gasteiger partial charge >= 0.3 is 0 Å². The van der Waals surface area contributed by atoms with Crippen LogP contribution in [0.5, 0.6) is 11.5 Å². The van der Waals surface area contributed by atoms with Crippen molar-refractivity contribution in [3.05, 3.63) is 23.8 Å². The zero-order valence-electron chi connectivity index (χ0n) is 20.8. The topological polar surface area (TPSA) is 54.3 Å². The third-order valence-electron chi connectivity index (χ3n) is 6.47. The van der Waals surface area contributed by atoms with Crippen LogP contribution in [0.15, 0.2) is 18.2 Å². The van der Waals surface area contributed by atoms with E-state index in [0.29, 0.717) is 11.5 Å². The number of methoxy groups -OCH3 is 2. The molecule has 176 valence electrons. The average Bonchev–Trinajstić information content (AvgIpc) is 2.79. The SMILES string of the molecule is CCCCCCCCCCCNCCCC(C#N)(c1ccc(OC)c(OC)c1)C(C)C. The number of hydrogen-bond donors (Lipinski definition) is 1. The largest absolute Gasteiger partial charge is 0.493 e. The van der Waals surface area contributed by atoms with Gasteiger partial charge in [0, 0.05) is 0 Å². The molecule has 0 saturated carbocycles. The number of rotatable bonds is 18. The summed E-state index contributed by atoms with van der Waals surface area (Å²) < 4.78 is 10.8. The lowest BCUT2D eigenvalue weighted by Crippen LogP contribution is -2.32. The summed E-state index contributed by atoms with van der Waals surface area (Å²) in [5, 5.41) is 13.7. The van der Waals surface area contributed by atoms with Crippen molar-refractivity contribution < 1.29 is 9.47 Å². The molecule has 0 spiro atoms. The summed E-state index contributed by atoms with van der Waals surface area (Å²) in [5.41, 5.74) is 0.500. The maximum absolute atomic E-state index is 10.1. The minimum atomic E-state index is -0.515. The number of hydrogen-bond acceptors (Lipinski definition) is 4. The zero-order valence-corrected chi connectivity index (χ0v) is 20.8. The first-order valence-corrected chi connectivity index (χ1v) is 12.4. The lowest BCUT2D eigenvalue weighted by molar-refractivity contribution is 0.341. The Balaban J connectivity index is 2.39. The third kappa shape index (κ3) is 9.11. The molecule has 0 radical (unpaired) electrons. The molecule has 1 unspecified atom stereocenters. The van der Waals surface area contributed by atoms with Gasteiger partial charge in [-0.1, -0.05) is 78.2 Å². The number of nitrogens with zero attached hydrogens (tertiary/aromatic N) is 1. The summed E-state index contributed by atoms with van der Waals surface area (Å²) in [6, 6.07) is 8.53. The fraction of sp³-hybridized carbons (Fsp3) is 0.741. The summed E-state index contributed by atoms with van der Waals surface area (Å²) in [6.07, 6.45) is 14.1. The van der Waals surface area contributed by atoms with Crippen LogP contribution in [0, 0.1) is 17.2 Å². The van der Waals surface area contributed by atoms with E-state index < -0.39 is 5.41 Å². The molecule has 1 N–H and O–H groups in total. The Morgan fingerprint density at radius 2 is 1.45 bits per heavy atom. The van der Waals surface area contributed by atoms with E-state index in [1.54, 1.807) is 14.2 Å². The van der Waals surface area contributed by atoms with E-state index in [2.05, 4.69) is 32.2 Å². The molecule has 1 atom stereocenters. The maximum atomic E-state index is 10.1. The van der Waals surface area contributed by atoms with Gasteiger partial charge in [0.2, 0.25) is 0 Å². The van der Waals surface area contributed by atoms with Gasteiger partial charge in [-0.25, -0.2) is 0 Å². The fourth-order valence-electron chi connectivity index (χ4n) is 4.31. The van der Waals surface area contributed by atoms with Crippen molar-refractivity contribution in [3.63, 3.8) is 0 Å². The average molecular weight is 431 g/mol. The molecule has 4 heteroatoms. The highest BCUT2D eigenvalue weighted by Gasteiger charge is 2.36. The first kappa shape index (κ1) is 27.3. The van der Waals surface area contributed by atoms with Gasteiger partial charge in [-0.15, -0.1) is 0 Å². The Morgan fingerprint density at radius 1 is 0.871 bits per heavy atom. The number of unbranched alkanes of at least 4 members (excludes halogenated alkanes) is 8. The number of benzene rings is 1. The second kappa shape index (κ2) is 16.0. The number of nitrogens with one attached hydrogen (secondary N) is 1. The Labute approximate surface area is 191 Å². The molecule has 0 aliphatic rings. The van der Waals surface area contributed by atoms with Crippen LogP contribution in [0.3, 0.4) is 0 Å². The molecule has 31 heavy (non-hydrogen) atoms. The van der Waals surface area contributed by atoms with Crippen molar-refractivity contribution in [2.45, 2.75) is 96.8 Å². The van der Waals surface area contributed by atoms with Gasteiger partial charge < -0.3 is 14.8 Å². The predicted octanol–water partition coefficient (Wildman–Crippen LogP) is 7.02. The van der Waals surface area contributed by atoms with E-state index in [1.165, 1.54) is 57.8 Å². The van der Waals surface area contributed by atoms with Gasteiger partial charge in [0.1, 0.15) is 0 Å². The van der Waals surface area contributed by atoms with Gasteiger partial charge in [0.25, 0.3) is 0 Å². The Morgan fingerprint density at radius 3 is 2.00 bits per heavy atom. The molecule has 0 bridgehead atoms. The van der Waals surface area contributed by atoms with E-state index in [9.17, 15) is 5.26 Å². The van der Waals surface area contributed by atoms with Crippen molar-refractivity contribution in [2.75, 3.05) is 27.3 Å². The first-order chi connectivity index (χ1) is 15.1. The van der Waals surface area contributed by atoms with Crippen molar-refractivity contribution in [3.8, 4) is 17.6 Å². The number of ether oxygens (including phenoxy) is 2. The minimum absolute atomic E-state index is 0.216. The van der Waals surface area contributed by atoms with E-state index >= 15 is 0 Å². The summed E-state index contributed by atoms with van der Waals surface area (Å²) >= 11 is 0. The molecule has 1 aromatic carbocycles. The van der Waals surface area contributed by atoms with E-state index in [-0.39, 0.29) is 5.92 Å². The van der Waals surface area contributed by atoms with Crippen molar-refractivity contribution in [1.82, 2.24) is 5.32 Å². The van der Waals surface area contributed by atoms with Crippen molar-refractivity contribution in [2.24, 2.45) is 5.92 Å². The van der Waals surface area contributed by atoms with Gasteiger partial charge in [-0.05, 0) is 56.0 Å². The minimum Gasteiger partial charge on any atom is -0.493 e. The summed E-state index contributed by atoms with van der Waals surface area (Å²) in [7, 11) is 3.28. The zero-order chi connectivity index (χ0) is 23.0. The van der Waals surface area contributed by atoms with Gasteiger partial charge in [-0.2, -0.15) is 5.26 Å². The Kier molecular flexibility index (Phi) is 14.1. The van der Waals surface area contributed by atoms with Gasteiger partial charge in [-0.3, -0.25) is 0 Å². The molecule has 0 saturated heterocycles. The Bertz CT molecular complexity index is 639. The lowest BCUT2D eigenvalue weighted by atomic mass is 9.70. The van der Waals surface area contributed by atoms with Gasteiger partial charge in [0.05, 0.1) is 25.7 Å². The maximum Gasteiger partial charge on any atom is 0.161 e. The summed E-state index contributed by atoms with van der Waals surface area (Å²) in [4.78, 5) is 0. The van der Waals surface area contributed by atoms with Crippen LogP contribution in [-0.4, -0.2) is 27.3 Å². The van der Waals surface area contributed by atoms with Crippen LogP contribution >= 0.6 is 0 Å². The van der Waals surface area contributed by atoms with Gasteiger partial charge in [0.15, 0.2) is 11.5 Å². The fourth-order valence-corrected chi connectivity index (χ4v) is 4.31. The lowest BCUT2D eigenvalue weighted by Gasteiger charge is -2.32. The van der Waals surface area contributed by atoms with Crippen LogP contribution < -0.4 is 14.8 Å². The standard InChI is InChI=1S/C27H46N2O2/c1-6-7-8-9-10-11-12-13-14-19-29-20-15-18-27(22-28,23(2)3)24-16-17-25(30-4)26(21-24)31-5/h16-17,21,23,29H,6-15,18-20H2,1-5H3. The van der Waals surface area contributed by atoms with E-state index in [0.717, 1.165) is 31.5 Å². The number of nitriles is 1. The summed E-state index contributed by atoms with van der Waals surface area (Å²) in [6.45, 7) is 8.57. The third-order valence-corrected chi connectivity index (χ3v) is 6.47. The molecule has 1 rings (SSSR count). The molecule has 0 amide bonds. The molecular weight excluding hydrogens is 384 g/mol. The van der Waals surface area contributed by atoms with Crippen LogP contribution in [0.4, 0.5) is 0 Å². The quantitative estimate of drug-likeness (QED) is 0.254. The molecular formula is C27H46N2O2. The molecule has 0 fully saturated rings. The van der Waals surface area contributed by atoms with E-state index in [4.69, 9.17) is 9.47 Å². The summed E-state index contributed by atoms with van der Waals surface area (Å²) in [5.74, 6) is 1.60. The first-order valence-electron chi connectivity index (χ1n) is 12.4. The van der Waals surface area contributed by atoms with Crippen LogP contribution in [-0.2, 0) is 5.41 Å². The second-order valence-corrected chi connectivity index (χ2v) is 8.99. The molecule has 0 heterocycles. The molecule has 0 aliphatic carbocycles. The highest BCUT2D eigenvalue weighted by atomic mass is 16.5. The van der Waals surface area contributed by atoms with Crippen LogP contribution in [0.1, 0.15) is 97.0 Å². The molecule has 4 nitrogen and oxygen atoms in total. The van der Waals surface area contributed by atoms with Crippen LogP contribution in [0.25, 0.3) is 0 Å². The smallest absolute Gasteiger partial charge is 0.161 e.